The number of piperazine rings is 1. The minimum atomic E-state index is -0.840. The zero-order valence-electron chi connectivity index (χ0n) is 11.1. The van der Waals surface area contributed by atoms with Gasteiger partial charge in [-0.2, -0.15) is 0 Å². The molecule has 0 radical (unpaired) electrons. The molecule has 0 aromatic heterocycles. The van der Waals surface area contributed by atoms with Crippen LogP contribution in [0.25, 0.3) is 0 Å². The third kappa shape index (κ3) is 2.26. The van der Waals surface area contributed by atoms with Crippen LogP contribution in [0.1, 0.15) is 18.1 Å². The van der Waals surface area contributed by atoms with Gasteiger partial charge in [0.1, 0.15) is 0 Å². The summed E-state index contributed by atoms with van der Waals surface area (Å²) in [5.41, 5.74) is 3.49. The van der Waals surface area contributed by atoms with Crippen LogP contribution in [0.5, 0.6) is 0 Å². The van der Waals surface area contributed by atoms with Crippen molar-refractivity contribution in [3.8, 4) is 0 Å². The second-order valence-electron chi connectivity index (χ2n) is 5.34. The first-order valence-corrected chi connectivity index (χ1v) is 6.72. The molecule has 5 nitrogen and oxygen atoms in total. The Labute approximate surface area is 112 Å². The van der Waals surface area contributed by atoms with Gasteiger partial charge in [-0.25, -0.2) is 4.79 Å². The molecule has 2 aliphatic rings. The van der Waals surface area contributed by atoms with E-state index in [-0.39, 0.29) is 0 Å². The van der Waals surface area contributed by atoms with Crippen molar-refractivity contribution in [1.82, 2.24) is 10.2 Å². The normalized spacial score (nSPS) is 22.5. The number of anilines is 1. The lowest BCUT2D eigenvalue weighted by Gasteiger charge is -2.36. The van der Waals surface area contributed by atoms with E-state index in [9.17, 15) is 4.79 Å². The van der Waals surface area contributed by atoms with Crippen LogP contribution in [-0.2, 0) is 13.1 Å². The Morgan fingerprint density at radius 1 is 1.37 bits per heavy atom. The van der Waals surface area contributed by atoms with Crippen molar-refractivity contribution in [3.05, 3.63) is 29.3 Å². The van der Waals surface area contributed by atoms with Gasteiger partial charge < -0.3 is 15.3 Å². The van der Waals surface area contributed by atoms with Gasteiger partial charge in [-0.3, -0.25) is 4.90 Å². The molecular weight excluding hydrogens is 242 g/mol. The number of carbonyl (C=O) groups is 1. The topological polar surface area (TPSA) is 55.8 Å². The van der Waals surface area contributed by atoms with E-state index in [0.29, 0.717) is 19.1 Å². The molecule has 5 heteroatoms. The first-order valence-electron chi connectivity index (χ1n) is 6.72. The standard InChI is InChI=1S/C14H19N3O2/c1-10-7-15-4-5-17(10)13-3-2-11-8-16(14(18)19)9-12(11)6-13/h2-3,6,10,15H,4-5,7-9H2,1H3,(H,18,19). The minimum Gasteiger partial charge on any atom is -0.465 e. The Morgan fingerprint density at radius 3 is 2.89 bits per heavy atom. The van der Waals surface area contributed by atoms with Crippen LogP contribution in [0.3, 0.4) is 0 Å². The molecule has 0 aliphatic carbocycles. The van der Waals surface area contributed by atoms with E-state index in [1.165, 1.54) is 10.6 Å². The van der Waals surface area contributed by atoms with Gasteiger partial charge >= 0.3 is 6.09 Å². The van der Waals surface area contributed by atoms with Gasteiger partial charge in [-0.1, -0.05) is 6.07 Å². The fourth-order valence-corrected chi connectivity index (χ4v) is 2.92. The molecule has 3 rings (SSSR count). The van der Waals surface area contributed by atoms with Crippen LogP contribution in [0.4, 0.5) is 10.5 Å². The summed E-state index contributed by atoms with van der Waals surface area (Å²) in [4.78, 5) is 14.9. The number of benzene rings is 1. The molecule has 19 heavy (non-hydrogen) atoms. The summed E-state index contributed by atoms with van der Waals surface area (Å²) in [6.07, 6.45) is -0.840. The summed E-state index contributed by atoms with van der Waals surface area (Å²) >= 11 is 0. The number of nitrogens with zero attached hydrogens (tertiary/aromatic N) is 2. The molecule has 1 fully saturated rings. The third-order valence-corrected chi connectivity index (χ3v) is 4.02. The zero-order chi connectivity index (χ0) is 13.4. The van der Waals surface area contributed by atoms with E-state index in [4.69, 9.17) is 5.11 Å². The van der Waals surface area contributed by atoms with Gasteiger partial charge in [0, 0.05) is 44.5 Å². The molecule has 2 aliphatic heterocycles. The molecule has 1 aromatic carbocycles. The zero-order valence-corrected chi connectivity index (χ0v) is 11.1. The number of nitrogens with one attached hydrogen (secondary N) is 1. The highest BCUT2D eigenvalue weighted by Crippen LogP contribution is 2.28. The van der Waals surface area contributed by atoms with E-state index < -0.39 is 6.09 Å². The predicted octanol–water partition coefficient (Wildman–Crippen LogP) is 1.48. The maximum Gasteiger partial charge on any atom is 0.407 e. The summed E-state index contributed by atoms with van der Waals surface area (Å²) in [5.74, 6) is 0. The summed E-state index contributed by atoms with van der Waals surface area (Å²) < 4.78 is 0. The average molecular weight is 261 g/mol. The van der Waals surface area contributed by atoms with Crippen molar-refractivity contribution in [2.75, 3.05) is 24.5 Å². The number of fused-ring (bicyclic) bond motifs is 1. The van der Waals surface area contributed by atoms with Gasteiger partial charge in [-0.15, -0.1) is 0 Å². The summed E-state index contributed by atoms with van der Waals surface area (Å²) in [6, 6.07) is 6.82. The summed E-state index contributed by atoms with van der Waals surface area (Å²) in [5, 5.41) is 12.4. The van der Waals surface area contributed by atoms with E-state index >= 15 is 0 Å². The van der Waals surface area contributed by atoms with Crippen molar-refractivity contribution >= 4 is 11.8 Å². The molecule has 0 bridgehead atoms. The quantitative estimate of drug-likeness (QED) is 0.804. The van der Waals surface area contributed by atoms with Crippen molar-refractivity contribution in [2.24, 2.45) is 0 Å². The van der Waals surface area contributed by atoms with Gasteiger partial charge in [0.25, 0.3) is 0 Å². The van der Waals surface area contributed by atoms with Gasteiger partial charge in [0.2, 0.25) is 0 Å². The molecule has 0 saturated carbocycles. The lowest BCUT2D eigenvalue weighted by molar-refractivity contribution is 0.145. The Kier molecular flexibility index (Phi) is 3.06. The van der Waals surface area contributed by atoms with Crippen molar-refractivity contribution < 1.29 is 9.90 Å². The van der Waals surface area contributed by atoms with Crippen LogP contribution in [-0.4, -0.2) is 41.8 Å². The van der Waals surface area contributed by atoms with E-state index in [1.807, 2.05) is 0 Å². The van der Waals surface area contributed by atoms with Gasteiger partial charge in [-0.05, 0) is 30.2 Å². The van der Waals surface area contributed by atoms with Crippen molar-refractivity contribution in [3.63, 3.8) is 0 Å². The predicted molar refractivity (Wildman–Crippen MR) is 73.4 cm³/mol. The first kappa shape index (κ1) is 12.3. The van der Waals surface area contributed by atoms with Crippen LogP contribution >= 0.6 is 0 Å². The van der Waals surface area contributed by atoms with E-state index in [0.717, 1.165) is 30.8 Å². The van der Waals surface area contributed by atoms with Crippen LogP contribution in [0.15, 0.2) is 18.2 Å². The molecule has 1 aromatic rings. The molecule has 2 N–H and O–H groups in total. The second-order valence-corrected chi connectivity index (χ2v) is 5.34. The summed E-state index contributed by atoms with van der Waals surface area (Å²) in [6.45, 7) is 6.24. The molecule has 1 atom stereocenters. The Bertz CT molecular complexity index is 503. The van der Waals surface area contributed by atoms with E-state index in [1.54, 1.807) is 0 Å². The second kappa shape index (κ2) is 4.74. The molecule has 1 saturated heterocycles. The molecule has 102 valence electrons. The highest BCUT2D eigenvalue weighted by atomic mass is 16.4. The minimum absolute atomic E-state index is 0.476. The molecule has 2 heterocycles. The number of hydrogen-bond acceptors (Lipinski definition) is 3. The van der Waals surface area contributed by atoms with Crippen molar-refractivity contribution in [1.29, 1.82) is 0 Å². The smallest absolute Gasteiger partial charge is 0.407 e. The lowest BCUT2D eigenvalue weighted by atomic mass is 10.1. The van der Waals surface area contributed by atoms with Gasteiger partial charge in [0.05, 0.1) is 0 Å². The molecule has 1 amide bonds. The third-order valence-electron chi connectivity index (χ3n) is 4.02. The van der Waals surface area contributed by atoms with E-state index in [2.05, 4.69) is 35.3 Å². The Hall–Kier alpha value is -1.75. The SMILES string of the molecule is CC1CNCCN1c1ccc2c(c1)CN(C(=O)O)C2. The first-order chi connectivity index (χ1) is 9.15. The molecule has 0 spiro atoms. The monoisotopic (exact) mass is 261 g/mol. The largest absolute Gasteiger partial charge is 0.465 e. The number of rotatable bonds is 1. The number of amides is 1. The number of hydrogen-bond donors (Lipinski definition) is 2. The van der Waals surface area contributed by atoms with Crippen LogP contribution in [0.2, 0.25) is 0 Å². The maximum absolute atomic E-state index is 11.0. The van der Waals surface area contributed by atoms with Crippen LogP contribution in [0, 0.1) is 0 Å². The maximum atomic E-state index is 11.0. The van der Waals surface area contributed by atoms with Crippen LogP contribution < -0.4 is 10.2 Å². The lowest BCUT2D eigenvalue weighted by Crippen LogP contribution is -2.49. The fourth-order valence-electron chi connectivity index (χ4n) is 2.92. The Morgan fingerprint density at radius 2 is 2.16 bits per heavy atom. The van der Waals surface area contributed by atoms with Crippen molar-refractivity contribution in [2.45, 2.75) is 26.1 Å². The highest BCUT2D eigenvalue weighted by molar-refractivity contribution is 5.67. The highest BCUT2D eigenvalue weighted by Gasteiger charge is 2.25. The fraction of sp³-hybridized carbons (Fsp3) is 0.500. The Balaban J connectivity index is 1.83. The number of carboxylic acid groups (broad SMARTS) is 1. The molecule has 1 unspecified atom stereocenters. The van der Waals surface area contributed by atoms with Gasteiger partial charge in [0.15, 0.2) is 0 Å². The molecular formula is C14H19N3O2. The summed E-state index contributed by atoms with van der Waals surface area (Å²) in [7, 11) is 0. The average Bonchev–Trinajstić information content (AvgIpc) is 2.82.